The van der Waals surface area contributed by atoms with Crippen molar-refractivity contribution in [2.45, 2.75) is 24.9 Å². The van der Waals surface area contributed by atoms with Crippen molar-refractivity contribution in [3.8, 4) is 0 Å². The van der Waals surface area contributed by atoms with Crippen LogP contribution in [0.15, 0.2) is 0 Å². The van der Waals surface area contributed by atoms with Gasteiger partial charge in [0.1, 0.15) is 0 Å². The van der Waals surface area contributed by atoms with Gasteiger partial charge in [-0.2, -0.15) is 0 Å². The van der Waals surface area contributed by atoms with E-state index in [1.54, 1.807) is 0 Å². The summed E-state index contributed by atoms with van der Waals surface area (Å²) in [7, 11) is 2.23. The highest BCUT2D eigenvalue weighted by Gasteiger charge is 2.30. The molecule has 0 saturated carbocycles. The molecule has 3 aliphatic rings. The summed E-state index contributed by atoms with van der Waals surface area (Å²) in [6.45, 7) is 2.49. The Kier molecular flexibility index (Phi) is 1.24. The van der Waals surface area contributed by atoms with Crippen molar-refractivity contribution in [2.24, 2.45) is 0 Å². The number of likely N-dealkylation sites (N-methyl/N-ethyl adjacent to an activating group) is 1. The molecular weight excluding hydrogens is 112 g/mol. The standard InChI is InChI=1S/C7H14N2/c1-9-5-6-2-3-7(9)4-8-6/h6-8H,2-5H2,1H3/t6-,7+/m1/s1. The highest BCUT2D eigenvalue weighted by atomic mass is 15.2. The Morgan fingerprint density at radius 1 is 1.44 bits per heavy atom. The third-order valence-electron chi connectivity index (χ3n) is 2.62. The lowest BCUT2D eigenvalue weighted by atomic mass is 9.94. The molecule has 2 heteroatoms. The van der Waals surface area contributed by atoms with Crippen molar-refractivity contribution in [2.75, 3.05) is 20.1 Å². The molecule has 0 aromatic heterocycles. The van der Waals surface area contributed by atoms with Gasteiger partial charge in [-0.05, 0) is 19.9 Å². The number of hydrogen-bond acceptors (Lipinski definition) is 2. The highest BCUT2D eigenvalue weighted by molar-refractivity contribution is 4.90. The molecule has 9 heavy (non-hydrogen) atoms. The Hall–Kier alpha value is -0.0800. The van der Waals surface area contributed by atoms with E-state index in [1.807, 2.05) is 0 Å². The Balaban J connectivity index is 2.06. The maximum absolute atomic E-state index is 3.51. The summed E-state index contributed by atoms with van der Waals surface area (Å²) in [5.74, 6) is 0. The molecule has 2 nitrogen and oxygen atoms in total. The zero-order chi connectivity index (χ0) is 6.27. The molecule has 3 saturated heterocycles. The second kappa shape index (κ2) is 1.96. The van der Waals surface area contributed by atoms with Crippen LogP contribution >= 0.6 is 0 Å². The second-order valence-corrected chi connectivity index (χ2v) is 3.28. The quantitative estimate of drug-likeness (QED) is 0.493. The molecule has 1 N–H and O–H groups in total. The van der Waals surface area contributed by atoms with Gasteiger partial charge in [0.2, 0.25) is 0 Å². The summed E-state index contributed by atoms with van der Waals surface area (Å²) in [6.07, 6.45) is 2.81. The molecule has 3 aliphatic heterocycles. The summed E-state index contributed by atoms with van der Waals surface area (Å²) < 4.78 is 0. The minimum Gasteiger partial charge on any atom is -0.311 e. The van der Waals surface area contributed by atoms with Gasteiger partial charge in [-0.15, -0.1) is 0 Å². The van der Waals surface area contributed by atoms with Crippen LogP contribution in [0.4, 0.5) is 0 Å². The third kappa shape index (κ3) is 0.864. The molecule has 0 amide bonds. The van der Waals surface area contributed by atoms with Crippen molar-refractivity contribution >= 4 is 0 Å². The predicted octanol–water partition coefficient (Wildman–Crippen LogP) is 0.0524. The van der Waals surface area contributed by atoms with Gasteiger partial charge in [0, 0.05) is 25.2 Å². The van der Waals surface area contributed by atoms with Crippen LogP contribution in [0, 0.1) is 0 Å². The number of piperazine rings is 1. The van der Waals surface area contributed by atoms with Crippen molar-refractivity contribution in [3.63, 3.8) is 0 Å². The van der Waals surface area contributed by atoms with Crippen LogP contribution in [0.2, 0.25) is 0 Å². The molecule has 0 radical (unpaired) electrons. The van der Waals surface area contributed by atoms with E-state index in [4.69, 9.17) is 0 Å². The lowest BCUT2D eigenvalue weighted by molar-refractivity contribution is 0.101. The third-order valence-corrected chi connectivity index (χ3v) is 2.62. The first kappa shape index (κ1) is 5.69. The van der Waals surface area contributed by atoms with Crippen molar-refractivity contribution in [1.82, 2.24) is 10.2 Å². The monoisotopic (exact) mass is 126 g/mol. The maximum Gasteiger partial charge on any atom is 0.0218 e. The van der Waals surface area contributed by atoms with Crippen LogP contribution in [-0.2, 0) is 0 Å². The zero-order valence-corrected chi connectivity index (χ0v) is 5.93. The molecule has 2 atom stereocenters. The number of nitrogens with one attached hydrogen (secondary N) is 1. The van der Waals surface area contributed by atoms with Gasteiger partial charge in [-0.25, -0.2) is 0 Å². The lowest BCUT2D eigenvalue weighted by Gasteiger charge is -2.44. The van der Waals surface area contributed by atoms with Crippen LogP contribution in [0.3, 0.4) is 0 Å². The van der Waals surface area contributed by atoms with Crippen LogP contribution in [0.1, 0.15) is 12.8 Å². The summed E-state index contributed by atoms with van der Waals surface area (Å²) in [6, 6.07) is 1.65. The summed E-state index contributed by atoms with van der Waals surface area (Å²) >= 11 is 0. The fourth-order valence-electron chi connectivity index (χ4n) is 1.93. The number of piperidine rings is 2. The normalized spacial score (nSPS) is 43.7. The Morgan fingerprint density at radius 3 is 2.56 bits per heavy atom. The molecule has 3 heterocycles. The van der Waals surface area contributed by atoms with Crippen LogP contribution in [0.25, 0.3) is 0 Å². The van der Waals surface area contributed by atoms with Gasteiger partial charge in [0.15, 0.2) is 0 Å². The number of rotatable bonds is 0. The van der Waals surface area contributed by atoms with E-state index in [-0.39, 0.29) is 0 Å². The van der Waals surface area contributed by atoms with E-state index < -0.39 is 0 Å². The SMILES string of the molecule is CN1C[C@H]2CC[C@H]1CN2. The van der Waals surface area contributed by atoms with E-state index >= 15 is 0 Å². The Labute approximate surface area is 56.2 Å². The average molecular weight is 126 g/mol. The first-order valence-electron chi connectivity index (χ1n) is 3.80. The predicted molar refractivity (Wildman–Crippen MR) is 37.4 cm³/mol. The lowest BCUT2D eigenvalue weighted by Crippen LogP contribution is -2.59. The van der Waals surface area contributed by atoms with Gasteiger partial charge in [0.05, 0.1) is 0 Å². The van der Waals surface area contributed by atoms with E-state index in [9.17, 15) is 0 Å². The van der Waals surface area contributed by atoms with Gasteiger partial charge >= 0.3 is 0 Å². The minimum absolute atomic E-state index is 0.806. The summed E-state index contributed by atoms with van der Waals surface area (Å²) in [4.78, 5) is 2.48. The highest BCUT2D eigenvalue weighted by Crippen LogP contribution is 2.19. The molecular formula is C7H14N2. The van der Waals surface area contributed by atoms with Crippen LogP contribution in [-0.4, -0.2) is 37.1 Å². The van der Waals surface area contributed by atoms with Crippen LogP contribution in [0.5, 0.6) is 0 Å². The molecule has 2 bridgehead atoms. The zero-order valence-electron chi connectivity index (χ0n) is 5.93. The molecule has 0 aliphatic carbocycles. The van der Waals surface area contributed by atoms with Gasteiger partial charge in [0.25, 0.3) is 0 Å². The molecule has 0 spiro atoms. The Morgan fingerprint density at radius 2 is 2.33 bits per heavy atom. The first-order chi connectivity index (χ1) is 4.36. The fourth-order valence-corrected chi connectivity index (χ4v) is 1.93. The average Bonchev–Trinajstić information content (AvgIpc) is 1.90. The molecule has 0 unspecified atom stereocenters. The van der Waals surface area contributed by atoms with Gasteiger partial charge in [-0.3, -0.25) is 0 Å². The molecule has 0 aromatic rings. The van der Waals surface area contributed by atoms with E-state index in [0.717, 1.165) is 12.1 Å². The topological polar surface area (TPSA) is 15.3 Å². The van der Waals surface area contributed by atoms with Crippen molar-refractivity contribution in [1.29, 1.82) is 0 Å². The molecule has 0 aromatic carbocycles. The van der Waals surface area contributed by atoms with E-state index in [1.165, 1.54) is 25.9 Å². The van der Waals surface area contributed by atoms with Crippen molar-refractivity contribution < 1.29 is 0 Å². The summed E-state index contributed by atoms with van der Waals surface area (Å²) in [5, 5.41) is 3.51. The molecule has 52 valence electrons. The fraction of sp³-hybridized carbons (Fsp3) is 1.00. The number of fused-ring (bicyclic) bond motifs is 3. The smallest absolute Gasteiger partial charge is 0.0218 e. The molecule has 3 rings (SSSR count). The first-order valence-corrected chi connectivity index (χ1v) is 3.80. The number of hydrogen-bond donors (Lipinski definition) is 1. The van der Waals surface area contributed by atoms with Crippen molar-refractivity contribution in [3.05, 3.63) is 0 Å². The van der Waals surface area contributed by atoms with Gasteiger partial charge in [-0.1, -0.05) is 0 Å². The van der Waals surface area contributed by atoms with Gasteiger partial charge < -0.3 is 10.2 Å². The summed E-state index contributed by atoms with van der Waals surface area (Å²) in [5.41, 5.74) is 0. The van der Waals surface area contributed by atoms with E-state index in [0.29, 0.717) is 0 Å². The molecule has 3 fully saturated rings. The largest absolute Gasteiger partial charge is 0.311 e. The van der Waals surface area contributed by atoms with Crippen LogP contribution < -0.4 is 5.32 Å². The minimum atomic E-state index is 0.806. The number of nitrogens with zero attached hydrogens (tertiary/aromatic N) is 1. The second-order valence-electron chi connectivity index (χ2n) is 3.28. The maximum atomic E-state index is 3.51. The van der Waals surface area contributed by atoms with E-state index in [2.05, 4.69) is 17.3 Å². The Bertz CT molecular complexity index is 105.